The molecule has 0 unspecified atom stereocenters. The number of pyridine rings is 1. The second-order valence-corrected chi connectivity index (χ2v) is 14.4. The number of carbonyl (C=O) groups excluding carboxylic acids is 5. The molecule has 2 aromatic heterocycles. The minimum absolute atomic E-state index is 0.0742. The zero-order chi connectivity index (χ0) is 47.1. The molecule has 0 saturated heterocycles. The van der Waals surface area contributed by atoms with Gasteiger partial charge in [0.05, 0.1) is 53.9 Å². The SMILES string of the molecule is O=C(Nc1ccc(C(=O)N[C@@H](Cc2cn[nH]n2)C(=O)Nc2ccc(C(=O)Nc3ccc(C(=O)Nc4ccc(C(=O)O)c(O)c4CO)c(O)c3CO)nc2)cc1)c1ccc2cc(O)ccc2c1. The Kier molecular flexibility index (Phi) is 13.2. The molecule has 0 bridgehead atoms. The number of hydrogen-bond donors (Lipinski definition) is 12. The van der Waals surface area contributed by atoms with E-state index in [0.717, 1.165) is 29.0 Å². The van der Waals surface area contributed by atoms with Crippen LogP contribution in [0.25, 0.3) is 10.8 Å². The lowest BCUT2D eigenvalue weighted by atomic mass is 10.0. The average Bonchev–Trinajstić information content (AvgIpc) is 3.82. The number of aromatic carboxylic acids is 1. The van der Waals surface area contributed by atoms with E-state index in [1.807, 2.05) is 0 Å². The molecule has 2 heterocycles. The van der Waals surface area contributed by atoms with Crippen molar-refractivity contribution in [3.05, 3.63) is 154 Å². The summed E-state index contributed by atoms with van der Waals surface area (Å²) in [4.78, 5) is 81.7. The van der Waals surface area contributed by atoms with E-state index in [1.54, 1.807) is 30.3 Å². The number of carboxylic acids is 1. The number of amides is 5. The molecule has 5 amide bonds. The van der Waals surface area contributed by atoms with Gasteiger partial charge in [0.2, 0.25) is 5.91 Å². The first-order valence-electron chi connectivity index (χ1n) is 19.6. The van der Waals surface area contributed by atoms with Crippen LogP contribution in [0.5, 0.6) is 17.2 Å². The molecule has 0 aliphatic carbocycles. The van der Waals surface area contributed by atoms with Gasteiger partial charge in [0.15, 0.2) is 0 Å². The molecule has 0 spiro atoms. The smallest absolute Gasteiger partial charge is 0.339 e. The molecule has 7 rings (SSSR count). The normalized spacial score (nSPS) is 11.3. The lowest BCUT2D eigenvalue weighted by Crippen LogP contribution is -2.45. The van der Waals surface area contributed by atoms with Crippen LogP contribution in [0.3, 0.4) is 0 Å². The summed E-state index contributed by atoms with van der Waals surface area (Å²) in [5.41, 5.74) is -0.394. The second-order valence-electron chi connectivity index (χ2n) is 14.4. The van der Waals surface area contributed by atoms with Crippen LogP contribution in [0, 0.1) is 0 Å². The van der Waals surface area contributed by atoms with Gasteiger partial charge in [-0.25, -0.2) is 9.78 Å². The van der Waals surface area contributed by atoms with E-state index in [1.165, 1.54) is 60.9 Å². The Morgan fingerprint density at radius 2 is 1.21 bits per heavy atom. The minimum Gasteiger partial charge on any atom is -0.508 e. The van der Waals surface area contributed by atoms with E-state index in [-0.39, 0.29) is 57.2 Å². The molecule has 12 N–H and O–H groups in total. The third-order valence-electron chi connectivity index (χ3n) is 10.1. The van der Waals surface area contributed by atoms with Crippen LogP contribution in [0.2, 0.25) is 0 Å². The number of phenols is 3. The van der Waals surface area contributed by atoms with Crippen molar-refractivity contribution in [2.45, 2.75) is 25.7 Å². The number of nitrogens with zero attached hydrogens (tertiary/aromatic N) is 3. The highest BCUT2D eigenvalue weighted by Gasteiger charge is 2.25. The maximum atomic E-state index is 13.6. The van der Waals surface area contributed by atoms with E-state index in [9.17, 15) is 59.4 Å². The molecule has 21 nitrogen and oxygen atoms in total. The molecule has 0 aliphatic rings. The topological polar surface area (TPSA) is 338 Å². The second kappa shape index (κ2) is 19.5. The molecule has 0 saturated carbocycles. The van der Waals surface area contributed by atoms with Crippen LogP contribution in [0.15, 0.2) is 109 Å². The van der Waals surface area contributed by atoms with Crippen LogP contribution in [-0.2, 0) is 24.4 Å². The molecule has 5 aromatic carbocycles. The highest BCUT2D eigenvalue weighted by molar-refractivity contribution is 6.10. The van der Waals surface area contributed by atoms with Gasteiger partial charge in [-0.05, 0) is 95.7 Å². The van der Waals surface area contributed by atoms with E-state index < -0.39 is 71.8 Å². The molecule has 1 atom stereocenters. The van der Waals surface area contributed by atoms with Gasteiger partial charge in [-0.1, -0.05) is 12.1 Å². The van der Waals surface area contributed by atoms with E-state index in [4.69, 9.17) is 0 Å². The molecule has 0 radical (unpaired) electrons. The van der Waals surface area contributed by atoms with Gasteiger partial charge in [-0.15, -0.1) is 0 Å². The first kappa shape index (κ1) is 44.8. The summed E-state index contributed by atoms with van der Waals surface area (Å²) >= 11 is 0. The third-order valence-corrected chi connectivity index (χ3v) is 10.1. The summed E-state index contributed by atoms with van der Waals surface area (Å²) in [6.45, 7) is -1.68. The number of H-pyrrole nitrogens is 1. The van der Waals surface area contributed by atoms with Crippen molar-refractivity contribution in [3.8, 4) is 17.2 Å². The summed E-state index contributed by atoms with van der Waals surface area (Å²) in [6.07, 6.45) is 2.49. The maximum absolute atomic E-state index is 13.6. The van der Waals surface area contributed by atoms with Crippen LogP contribution >= 0.6 is 0 Å². The number of hydrogen-bond acceptors (Lipinski definition) is 14. The Balaban J connectivity index is 0.979. The zero-order valence-electron chi connectivity index (χ0n) is 34.1. The first-order chi connectivity index (χ1) is 31.7. The zero-order valence-corrected chi connectivity index (χ0v) is 34.1. The number of anilines is 4. The summed E-state index contributed by atoms with van der Waals surface area (Å²) in [5.74, 6) is -6.30. The number of rotatable bonds is 15. The Bertz CT molecular complexity index is 3020. The van der Waals surface area contributed by atoms with E-state index in [0.29, 0.717) is 16.9 Å². The van der Waals surface area contributed by atoms with Gasteiger partial charge < -0.3 is 57.2 Å². The fourth-order valence-electron chi connectivity index (χ4n) is 6.66. The van der Waals surface area contributed by atoms with Crippen molar-refractivity contribution in [1.82, 2.24) is 25.7 Å². The average molecular weight is 896 g/mol. The van der Waals surface area contributed by atoms with Crippen LogP contribution in [0.1, 0.15) is 68.7 Å². The molecule has 7 aromatic rings. The van der Waals surface area contributed by atoms with E-state index >= 15 is 0 Å². The number of aromatic amines is 1. The largest absolute Gasteiger partial charge is 0.508 e. The Hall–Kier alpha value is -9.21. The quantitative estimate of drug-likeness (QED) is 0.0695. The number of fused-ring (bicyclic) bond motifs is 1. The van der Waals surface area contributed by atoms with Gasteiger partial charge in [0.25, 0.3) is 23.6 Å². The highest BCUT2D eigenvalue weighted by Crippen LogP contribution is 2.34. The van der Waals surface area contributed by atoms with Crippen molar-refractivity contribution in [1.29, 1.82) is 0 Å². The number of benzene rings is 5. The molecule has 21 heteroatoms. The van der Waals surface area contributed by atoms with E-state index in [2.05, 4.69) is 47.0 Å². The standard InChI is InChI=1S/C45H37N9O12/c55-20-32-35(13-10-30(38(32)58)42(62)50-34-14-11-31(45(65)66)39(59)33(34)21-56)51-43(63)36-12-8-27(18-46-36)49-44(64)37(17-28-19-47-54-53-28)52-40(60)22-3-6-26(7-4-22)48-41(61)25-2-1-24-16-29(57)9-5-23(24)15-25/h1-16,18-19,37,55-59H,17,20-21H2,(H,48,61)(H,49,64)(H,50,62)(H,51,63)(H,52,60)(H,65,66)(H,47,53,54)/t37-/m0/s1. The molecule has 0 aliphatic heterocycles. The van der Waals surface area contributed by atoms with Crippen molar-refractivity contribution < 1.29 is 59.4 Å². The maximum Gasteiger partial charge on any atom is 0.339 e. The summed E-state index contributed by atoms with van der Waals surface area (Å²) in [6, 6.07) is 21.8. The van der Waals surface area contributed by atoms with Crippen molar-refractivity contribution >= 4 is 69.0 Å². The number of nitrogens with one attached hydrogen (secondary N) is 6. The Morgan fingerprint density at radius 3 is 1.85 bits per heavy atom. The van der Waals surface area contributed by atoms with Gasteiger partial charge in [0.1, 0.15) is 34.5 Å². The summed E-state index contributed by atoms with van der Waals surface area (Å²) in [7, 11) is 0. The van der Waals surface area contributed by atoms with Gasteiger partial charge in [-0.2, -0.15) is 15.4 Å². The predicted octanol–water partition coefficient (Wildman–Crippen LogP) is 3.89. The molecular weight excluding hydrogens is 859 g/mol. The Labute approximate surface area is 371 Å². The number of carboxylic acid groups (broad SMARTS) is 1. The number of carbonyl (C=O) groups is 6. The first-order valence-corrected chi connectivity index (χ1v) is 19.6. The molecule has 334 valence electrons. The fourth-order valence-corrected chi connectivity index (χ4v) is 6.66. The summed E-state index contributed by atoms with van der Waals surface area (Å²) in [5, 5.41) is 84.6. The van der Waals surface area contributed by atoms with Crippen molar-refractivity contribution in [2.75, 3.05) is 21.3 Å². The van der Waals surface area contributed by atoms with Crippen molar-refractivity contribution in [3.63, 3.8) is 0 Å². The van der Waals surface area contributed by atoms with Gasteiger partial charge >= 0.3 is 5.97 Å². The number of aliphatic hydroxyl groups excluding tert-OH is 2. The Morgan fingerprint density at radius 1 is 0.591 bits per heavy atom. The number of aliphatic hydroxyl groups is 2. The molecule has 0 fully saturated rings. The van der Waals surface area contributed by atoms with Crippen molar-refractivity contribution in [2.24, 2.45) is 0 Å². The van der Waals surface area contributed by atoms with Crippen LogP contribution in [0.4, 0.5) is 22.7 Å². The van der Waals surface area contributed by atoms with Gasteiger partial charge in [-0.3, -0.25) is 24.0 Å². The van der Waals surface area contributed by atoms with Crippen LogP contribution in [-0.4, -0.2) is 92.6 Å². The number of phenolic OH excluding ortho intramolecular Hbond substituents is 1. The van der Waals surface area contributed by atoms with Crippen LogP contribution < -0.4 is 26.6 Å². The number of aromatic hydroxyl groups is 3. The molecular formula is C45H37N9O12. The minimum atomic E-state index is -1.47. The summed E-state index contributed by atoms with van der Waals surface area (Å²) < 4.78 is 0. The third kappa shape index (κ3) is 10.0. The fraction of sp³-hybridized carbons (Fsp3) is 0.0889. The lowest BCUT2D eigenvalue weighted by Gasteiger charge is -2.18. The van der Waals surface area contributed by atoms with Gasteiger partial charge in [0, 0.05) is 34.4 Å². The lowest BCUT2D eigenvalue weighted by molar-refractivity contribution is -0.118. The highest BCUT2D eigenvalue weighted by atomic mass is 16.4. The predicted molar refractivity (Wildman–Crippen MR) is 235 cm³/mol. The number of aromatic nitrogens is 4. The monoisotopic (exact) mass is 895 g/mol. The molecule has 66 heavy (non-hydrogen) atoms.